The van der Waals surface area contributed by atoms with Gasteiger partial charge in [0.25, 0.3) is 0 Å². The van der Waals surface area contributed by atoms with Crippen LogP contribution in [-0.4, -0.2) is 22.6 Å². The number of benzene rings is 1. The standard InChI is InChI=1S/C17H22N4/c1-2-6-17(20-9-3-4-10-20)16(5-1)19-12-15-11-18-13-21(15)14-7-8-14/h1-2,5-6,11,13-14,19H,3-4,7-10,12H2. The molecule has 1 aromatic heterocycles. The van der Waals surface area contributed by atoms with E-state index in [4.69, 9.17) is 0 Å². The summed E-state index contributed by atoms with van der Waals surface area (Å²) in [5.74, 6) is 0. The fourth-order valence-electron chi connectivity index (χ4n) is 3.19. The topological polar surface area (TPSA) is 33.1 Å². The van der Waals surface area contributed by atoms with Gasteiger partial charge in [-0.3, -0.25) is 0 Å². The van der Waals surface area contributed by atoms with Crippen LogP contribution in [0.3, 0.4) is 0 Å². The predicted octanol–water partition coefficient (Wildman–Crippen LogP) is 3.43. The number of anilines is 2. The van der Waals surface area contributed by atoms with Crippen LogP contribution in [0.1, 0.15) is 37.4 Å². The Bertz CT molecular complexity index is 609. The van der Waals surface area contributed by atoms with E-state index in [-0.39, 0.29) is 0 Å². The van der Waals surface area contributed by atoms with Crippen LogP contribution in [-0.2, 0) is 6.54 Å². The van der Waals surface area contributed by atoms with Crippen molar-refractivity contribution in [2.45, 2.75) is 38.3 Å². The van der Waals surface area contributed by atoms with Crippen LogP contribution < -0.4 is 10.2 Å². The first kappa shape index (κ1) is 12.7. The van der Waals surface area contributed by atoms with Gasteiger partial charge in [0.2, 0.25) is 0 Å². The first-order chi connectivity index (χ1) is 10.4. The second kappa shape index (κ2) is 5.43. The minimum atomic E-state index is 0.693. The minimum Gasteiger partial charge on any atom is -0.378 e. The lowest BCUT2D eigenvalue weighted by molar-refractivity contribution is 0.701. The lowest BCUT2D eigenvalue weighted by atomic mass is 10.2. The minimum absolute atomic E-state index is 0.693. The molecule has 0 amide bonds. The van der Waals surface area contributed by atoms with Crippen LogP contribution in [0.4, 0.5) is 11.4 Å². The van der Waals surface area contributed by atoms with Crippen molar-refractivity contribution < 1.29 is 0 Å². The van der Waals surface area contributed by atoms with Gasteiger partial charge in [0.05, 0.1) is 29.9 Å². The summed E-state index contributed by atoms with van der Waals surface area (Å²) in [5, 5.41) is 3.61. The molecule has 21 heavy (non-hydrogen) atoms. The Labute approximate surface area is 125 Å². The maximum atomic E-state index is 4.31. The zero-order valence-electron chi connectivity index (χ0n) is 12.3. The summed E-state index contributed by atoms with van der Waals surface area (Å²) in [7, 11) is 0. The van der Waals surface area contributed by atoms with Crippen LogP contribution in [0.15, 0.2) is 36.8 Å². The van der Waals surface area contributed by atoms with Gasteiger partial charge < -0.3 is 14.8 Å². The molecule has 0 unspecified atom stereocenters. The van der Waals surface area contributed by atoms with Gasteiger partial charge in [-0.15, -0.1) is 0 Å². The molecule has 1 saturated heterocycles. The summed E-state index contributed by atoms with van der Waals surface area (Å²) in [6.45, 7) is 3.21. The Morgan fingerprint density at radius 3 is 2.76 bits per heavy atom. The normalized spacial score (nSPS) is 18.2. The molecular weight excluding hydrogens is 260 g/mol. The molecule has 0 spiro atoms. The number of rotatable bonds is 5. The lowest BCUT2D eigenvalue weighted by Crippen LogP contribution is -2.19. The average molecular weight is 282 g/mol. The highest BCUT2D eigenvalue weighted by molar-refractivity contribution is 5.70. The Morgan fingerprint density at radius 1 is 1.14 bits per heavy atom. The molecule has 2 aromatic rings. The molecule has 110 valence electrons. The van der Waals surface area contributed by atoms with Gasteiger partial charge in [0, 0.05) is 25.3 Å². The van der Waals surface area contributed by atoms with E-state index in [0.717, 1.165) is 6.54 Å². The van der Waals surface area contributed by atoms with Gasteiger partial charge >= 0.3 is 0 Å². The molecule has 1 aliphatic carbocycles. The van der Waals surface area contributed by atoms with Gasteiger partial charge in [-0.1, -0.05) is 12.1 Å². The lowest BCUT2D eigenvalue weighted by Gasteiger charge is -2.22. The van der Waals surface area contributed by atoms with Crippen LogP contribution in [0, 0.1) is 0 Å². The van der Waals surface area contributed by atoms with E-state index >= 15 is 0 Å². The zero-order chi connectivity index (χ0) is 14.1. The van der Waals surface area contributed by atoms with E-state index in [9.17, 15) is 0 Å². The monoisotopic (exact) mass is 282 g/mol. The molecule has 0 radical (unpaired) electrons. The number of nitrogens with one attached hydrogen (secondary N) is 1. The van der Waals surface area contributed by atoms with Gasteiger partial charge in [-0.25, -0.2) is 4.98 Å². The second-order valence-electron chi connectivity index (χ2n) is 6.09. The Hall–Kier alpha value is -1.97. The molecule has 1 saturated carbocycles. The molecule has 2 fully saturated rings. The third-order valence-corrected chi connectivity index (χ3v) is 4.50. The molecule has 2 heterocycles. The highest BCUT2D eigenvalue weighted by Gasteiger charge is 2.25. The van der Waals surface area contributed by atoms with E-state index in [0.29, 0.717) is 6.04 Å². The maximum Gasteiger partial charge on any atom is 0.0951 e. The van der Waals surface area contributed by atoms with Crippen LogP contribution in [0.25, 0.3) is 0 Å². The van der Waals surface area contributed by atoms with Gasteiger partial charge in [-0.05, 0) is 37.8 Å². The zero-order valence-corrected chi connectivity index (χ0v) is 12.3. The van der Waals surface area contributed by atoms with Crippen LogP contribution in [0.2, 0.25) is 0 Å². The summed E-state index contributed by atoms with van der Waals surface area (Å²) in [6.07, 6.45) is 9.18. The summed E-state index contributed by atoms with van der Waals surface area (Å²) < 4.78 is 2.32. The molecule has 1 aliphatic heterocycles. The molecule has 0 atom stereocenters. The number of nitrogens with zero attached hydrogens (tertiary/aromatic N) is 3. The molecule has 2 aliphatic rings. The largest absolute Gasteiger partial charge is 0.378 e. The number of aromatic nitrogens is 2. The van der Waals surface area contributed by atoms with Crippen molar-refractivity contribution in [3.63, 3.8) is 0 Å². The van der Waals surface area contributed by atoms with Gasteiger partial charge in [0.1, 0.15) is 0 Å². The van der Waals surface area contributed by atoms with Crippen molar-refractivity contribution in [3.8, 4) is 0 Å². The third kappa shape index (κ3) is 2.62. The Balaban J connectivity index is 1.50. The molecule has 4 heteroatoms. The highest BCUT2D eigenvalue weighted by atomic mass is 15.2. The first-order valence-corrected chi connectivity index (χ1v) is 8.00. The first-order valence-electron chi connectivity index (χ1n) is 8.00. The summed E-state index contributed by atoms with van der Waals surface area (Å²) in [6, 6.07) is 9.35. The van der Waals surface area contributed by atoms with E-state index < -0.39 is 0 Å². The quantitative estimate of drug-likeness (QED) is 0.912. The average Bonchev–Trinajstić information content (AvgIpc) is 3.04. The van der Waals surface area contributed by atoms with Crippen molar-refractivity contribution in [1.82, 2.24) is 9.55 Å². The second-order valence-corrected chi connectivity index (χ2v) is 6.09. The van der Waals surface area contributed by atoms with Gasteiger partial charge in [-0.2, -0.15) is 0 Å². The van der Waals surface area contributed by atoms with Crippen molar-refractivity contribution >= 4 is 11.4 Å². The third-order valence-electron chi connectivity index (χ3n) is 4.50. The van der Waals surface area contributed by atoms with Crippen molar-refractivity contribution in [1.29, 1.82) is 0 Å². The van der Waals surface area contributed by atoms with Crippen LogP contribution in [0.5, 0.6) is 0 Å². The van der Waals surface area contributed by atoms with E-state index in [1.807, 2.05) is 12.5 Å². The van der Waals surface area contributed by atoms with E-state index in [2.05, 4.69) is 44.0 Å². The predicted molar refractivity (Wildman–Crippen MR) is 85.7 cm³/mol. The summed E-state index contributed by atoms with van der Waals surface area (Å²) >= 11 is 0. The highest BCUT2D eigenvalue weighted by Crippen LogP contribution is 2.36. The number of imidazole rings is 1. The number of hydrogen-bond donors (Lipinski definition) is 1. The fourth-order valence-corrected chi connectivity index (χ4v) is 3.19. The molecule has 4 nitrogen and oxygen atoms in total. The van der Waals surface area contributed by atoms with Crippen LogP contribution >= 0.6 is 0 Å². The number of hydrogen-bond acceptors (Lipinski definition) is 3. The maximum absolute atomic E-state index is 4.31. The van der Waals surface area contributed by atoms with E-state index in [1.165, 1.54) is 55.8 Å². The summed E-state index contributed by atoms with van der Waals surface area (Å²) in [5.41, 5.74) is 3.86. The van der Waals surface area contributed by atoms with Crippen molar-refractivity contribution in [2.24, 2.45) is 0 Å². The molecule has 4 rings (SSSR count). The number of para-hydroxylation sites is 2. The molecule has 1 aromatic carbocycles. The summed E-state index contributed by atoms with van der Waals surface area (Å²) in [4.78, 5) is 6.79. The molecular formula is C17H22N4. The Kier molecular flexibility index (Phi) is 3.30. The smallest absolute Gasteiger partial charge is 0.0951 e. The molecule has 0 bridgehead atoms. The van der Waals surface area contributed by atoms with Crippen molar-refractivity contribution in [2.75, 3.05) is 23.3 Å². The SMILES string of the molecule is c1ccc(N2CCCC2)c(NCc2cncn2C2CC2)c1. The van der Waals surface area contributed by atoms with Crippen molar-refractivity contribution in [3.05, 3.63) is 42.5 Å². The molecule has 1 N–H and O–H groups in total. The fraction of sp³-hybridized carbons (Fsp3) is 0.471. The van der Waals surface area contributed by atoms with E-state index in [1.54, 1.807) is 0 Å². The van der Waals surface area contributed by atoms with Gasteiger partial charge in [0.15, 0.2) is 0 Å². The Morgan fingerprint density at radius 2 is 1.95 bits per heavy atom.